The molecule has 0 spiro atoms. The van der Waals surface area contributed by atoms with Crippen molar-refractivity contribution in [1.82, 2.24) is 40.4 Å². The van der Waals surface area contributed by atoms with Gasteiger partial charge in [-0.1, -0.05) is 82.7 Å². The van der Waals surface area contributed by atoms with E-state index < -0.39 is 24.3 Å². The van der Waals surface area contributed by atoms with Crippen LogP contribution in [0.1, 0.15) is 108 Å². The fourth-order valence-electron chi connectivity index (χ4n) is 9.43. The molecule has 4 aliphatic rings. The molecular weight excluding hydrogens is 821 g/mol. The Labute approximate surface area is 380 Å². The van der Waals surface area contributed by atoms with Crippen molar-refractivity contribution in [1.29, 1.82) is 0 Å². The Morgan fingerprint density at radius 1 is 0.708 bits per heavy atom. The first-order valence-corrected chi connectivity index (χ1v) is 23.0. The molecule has 342 valence electrons. The van der Waals surface area contributed by atoms with Gasteiger partial charge >= 0.3 is 12.2 Å². The summed E-state index contributed by atoms with van der Waals surface area (Å²) < 4.78 is 9.58. The summed E-state index contributed by atoms with van der Waals surface area (Å²) in [5.74, 6) is 1.27. The number of aromatic nitrogens is 4. The number of carbonyl (C=O) groups is 4. The van der Waals surface area contributed by atoms with Gasteiger partial charge in [-0.3, -0.25) is 9.59 Å². The summed E-state index contributed by atoms with van der Waals surface area (Å²) in [5, 5.41) is 5.42. The molecule has 5 atom stereocenters. The zero-order valence-corrected chi connectivity index (χ0v) is 38.8. The summed E-state index contributed by atoms with van der Waals surface area (Å²) in [6.07, 6.45) is 8.51. The predicted octanol–water partition coefficient (Wildman–Crippen LogP) is 8.96. The van der Waals surface area contributed by atoms with Crippen molar-refractivity contribution in [3.05, 3.63) is 101 Å². The highest BCUT2D eigenvalue weighted by Gasteiger charge is 2.41. The van der Waals surface area contributed by atoms with Crippen molar-refractivity contribution in [2.24, 2.45) is 17.8 Å². The zero-order chi connectivity index (χ0) is 46.1. The van der Waals surface area contributed by atoms with Crippen LogP contribution < -0.4 is 10.6 Å². The van der Waals surface area contributed by atoms with E-state index in [1.54, 1.807) is 9.80 Å². The molecule has 14 nitrogen and oxygen atoms in total. The minimum absolute atomic E-state index is 0.104. The number of hydrogen-bond acceptors (Lipinski definition) is 8. The van der Waals surface area contributed by atoms with E-state index in [2.05, 4.69) is 101 Å². The Morgan fingerprint density at radius 3 is 1.74 bits per heavy atom. The Kier molecular flexibility index (Phi) is 13.2. The predicted molar refractivity (Wildman–Crippen MR) is 252 cm³/mol. The Hall–Kier alpha value is -6.44. The molecule has 2 bridgehead atoms. The van der Waals surface area contributed by atoms with Crippen molar-refractivity contribution in [3.8, 4) is 11.1 Å². The molecule has 2 aliphatic heterocycles. The number of likely N-dealkylation sites (tertiary alicyclic amines) is 2. The van der Waals surface area contributed by atoms with Gasteiger partial charge in [0.25, 0.3) is 0 Å². The number of amides is 4. The molecule has 9 rings (SSSR count). The van der Waals surface area contributed by atoms with E-state index in [1.165, 1.54) is 42.1 Å². The normalized spacial score (nSPS) is 21.2. The van der Waals surface area contributed by atoms with Crippen LogP contribution >= 0.6 is 0 Å². The smallest absolute Gasteiger partial charge is 0.407 e. The van der Waals surface area contributed by atoms with Crippen LogP contribution in [0, 0.1) is 17.8 Å². The average molecular weight is 883 g/mol. The summed E-state index contributed by atoms with van der Waals surface area (Å²) >= 11 is 0. The van der Waals surface area contributed by atoms with Crippen LogP contribution in [0.25, 0.3) is 38.8 Å². The highest BCUT2D eigenvalue weighted by molar-refractivity contribution is 5.89. The third kappa shape index (κ3) is 9.25. The maximum Gasteiger partial charge on any atom is 0.407 e. The first kappa shape index (κ1) is 45.1. The zero-order valence-electron chi connectivity index (χ0n) is 38.8. The fourth-order valence-corrected chi connectivity index (χ4v) is 9.43. The number of carbonyl (C=O) groups excluding carboxylic acids is 4. The van der Waals surface area contributed by atoms with E-state index in [0.29, 0.717) is 13.1 Å². The van der Waals surface area contributed by atoms with Crippen molar-refractivity contribution >= 4 is 51.6 Å². The number of benzene rings is 3. The topological polar surface area (TPSA) is 175 Å². The molecule has 2 saturated heterocycles. The molecule has 0 saturated carbocycles. The van der Waals surface area contributed by atoms with E-state index in [1.807, 2.05) is 27.7 Å². The molecule has 2 aliphatic carbocycles. The fraction of sp³-hybridized carbons (Fsp3) is 0.451. The SMILES string of the molecule is C/C=C1\C=C(\c2ccc3[nH]c([C@@H]4CCN4C(=O)[C@@H](NC(=O)OC)C(C)C)nc3c2)[C@H](C)CCc2ccc(c(-c3ccc4[nH]c([C@@H]5CCN5C(=O)[C@@H](NC(=O)OC)C(C)C)nc4c3)c2)CC1. The lowest BCUT2D eigenvalue weighted by Gasteiger charge is -2.42. The lowest BCUT2D eigenvalue weighted by atomic mass is 9.84. The van der Waals surface area contributed by atoms with Crippen molar-refractivity contribution in [2.45, 2.75) is 104 Å². The summed E-state index contributed by atoms with van der Waals surface area (Å²) in [6, 6.07) is 18.0. The molecule has 4 amide bonds. The highest BCUT2D eigenvalue weighted by atomic mass is 16.5. The number of allylic oxidation sites excluding steroid dienone is 4. The van der Waals surface area contributed by atoms with Crippen LogP contribution in [0.4, 0.5) is 9.59 Å². The van der Waals surface area contributed by atoms with Crippen molar-refractivity contribution < 1.29 is 28.7 Å². The number of fused-ring (bicyclic) bond motifs is 10. The van der Waals surface area contributed by atoms with E-state index in [-0.39, 0.29) is 41.7 Å². The second-order valence-electron chi connectivity index (χ2n) is 18.5. The van der Waals surface area contributed by atoms with Crippen LogP contribution in [0.2, 0.25) is 0 Å². The van der Waals surface area contributed by atoms with Crippen LogP contribution in [0.5, 0.6) is 0 Å². The van der Waals surface area contributed by atoms with Gasteiger partial charge in [0, 0.05) is 13.1 Å². The van der Waals surface area contributed by atoms with Gasteiger partial charge < -0.3 is 39.9 Å². The molecule has 65 heavy (non-hydrogen) atoms. The number of nitrogens with zero attached hydrogens (tertiary/aromatic N) is 4. The van der Waals surface area contributed by atoms with E-state index >= 15 is 0 Å². The number of nitrogens with one attached hydrogen (secondary N) is 4. The third-order valence-corrected chi connectivity index (χ3v) is 13.6. The van der Waals surface area contributed by atoms with Gasteiger partial charge in [0.1, 0.15) is 23.7 Å². The molecule has 4 N–H and O–H groups in total. The van der Waals surface area contributed by atoms with Gasteiger partial charge in [0.2, 0.25) is 11.8 Å². The second kappa shape index (κ2) is 19.0. The van der Waals surface area contributed by atoms with Gasteiger partial charge in [-0.25, -0.2) is 19.6 Å². The third-order valence-electron chi connectivity index (χ3n) is 13.6. The number of methoxy groups -OCH3 is 2. The summed E-state index contributed by atoms with van der Waals surface area (Å²) in [7, 11) is 2.60. The van der Waals surface area contributed by atoms with Crippen LogP contribution in [-0.4, -0.2) is 93.1 Å². The summed E-state index contributed by atoms with van der Waals surface area (Å²) in [5.41, 5.74) is 12.1. The first-order valence-electron chi connectivity index (χ1n) is 23.0. The van der Waals surface area contributed by atoms with Gasteiger partial charge in [-0.05, 0) is 121 Å². The first-order chi connectivity index (χ1) is 31.3. The van der Waals surface area contributed by atoms with Crippen LogP contribution in [-0.2, 0) is 31.9 Å². The molecule has 14 heteroatoms. The molecule has 2 fully saturated rings. The molecule has 4 heterocycles. The lowest BCUT2D eigenvalue weighted by molar-refractivity contribution is -0.143. The Balaban J connectivity index is 1.00. The van der Waals surface area contributed by atoms with Crippen LogP contribution in [0.3, 0.4) is 0 Å². The van der Waals surface area contributed by atoms with Crippen molar-refractivity contribution in [3.63, 3.8) is 0 Å². The van der Waals surface area contributed by atoms with Gasteiger partial charge in [0.05, 0.1) is 48.4 Å². The van der Waals surface area contributed by atoms with Gasteiger partial charge in [-0.15, -0.1) is 0 Å². The number of ether oxygens (including phenoxy) is 2. The number of aryl methyl sites for hydroxylation is 2. The van der Waals surface area contributed by atoms with E-state index in [9.17, 15) is 19.2 Å². The van der Waals surface area contributed by atoms with E-state index in [4.69, 9.17) is 19.4 Å². The Morgan fingerprint density at radius 2 is 1.25 bits per heavy atom. The number of rotatable bonds is 10. The number of imidazole rings is 2. The molecular formula is C51H62N8O6. The second-order valence-corrected chi connectivity index (χ2v) is 18.5. The van der Waals surface area contributed by atoms with Gasteiger partial charge in [-0.2, -0.15) is 0 Å². The largest absolute Gasteiger partial charge is 0.453 e. The molecule has 0 radical (unpaired) electrons. The maximum absolute atomic E-state index is 13.6. The summed E-state index contributed by atoms with van der Waals surface area (Å²) in [6.45, 7) is 13.3. The standard InChI is InChI=1S/C51H62N8O6/c1-9-31-12-14-33-15-13-32(25-37(33)35-17-19-39-41(27-35)55-47(53-39)43-21-23-59(43)49(61)45(29(4)5)57-51(63)65-8)11-10-30(6)36(24-31)34-16-18-38-40(26-34)54-46(52-38)42-20-22-58(42)48(60)44(28(2)3)56-50(62)64-7/h9,13,15-19,24-30,42-45H,10-12,14,20-23H2,1-8H3,(H,52,54)(H,53,55)(H,56,62)(H,57,63)/b31-9-,36-24+/t30-,42+,43+,44+,45+/m1/s1. The monoisotopic (exact) mass is 882 g/mol. The number of alkyl carbamates (subject to hydrolysis) is 2. The van der Waals surface area contributed by atoms with E-state index in [0.717, 1.165) is 83.4 Å². The lowest BCUT2D eigenvalue weighted by Crippen LogP contribution is -2.56. The average Bonchev–Trinajstić information content (AvgIpc) is 3.87. The molecule has 2 aromatic heterocycles. The van der Waals surface area contributed by atoms with Crippen molar-refractivity contribution in [2.75, 3.05) is 27.3 Å². The number of H-pyrrole nitrogens is 2. The Bertz CT molecular complexity index is 2680. The van der Waals surface area contributed by atoms with Gasteiger partial charge in [0.15, 0.2) is 0 Å². The molecule has 5 aromatic rings. The quantitative estimate of drug-likeness (QED) is 0.108. The summed E-state index contributed by atoms with van der Waals surface area (Å²) in [4.78, 5) is 71.9. The van der Waals surface area contributed by atoms with Crippen LogP contribution in [0.15, 0.2) is 72.3 Å². The highest BCUT2D eigenvalue weighted by Crippen LogP contribution is 2.38. The number of hydrogen-bond donors (Lipinski definition) is 4. The molecule has 0 unspecified atom stereocenters. The maximum atomic E-state index is 13.6. The minimum Gasteiger partial charge on any atom is -0.453 e. The minimum atomic E-state index is -0.686. The molecule has 3 aromatic carbocycles. The number of aromatic amines is 2.